The Hall–Kier alpha value is -3.25. The van der Waals surface area contributed by atoms with Gasteiger partial charge in [0, 0.05) is 36.2 Å². The number of benzene rings is 1. The molecule has 0 spiro atoms. The quantitative estimate of drug-likeness (QED) is 0.525. The molecule has 4 rings (SSSR count). The molecule has 1 aromatic carbocycles. The van der Waals surface area contributed by atoms with Crippen LogP contribution in [0.4, 0.5) is 14.5 Å². The van der Waals surface area contributed by atoms with Gasteiger partial charge in [-0.05, 0) is 25.0 Å². The van der Waals surface area contributed by atoms with E-state index in [1.807, 2.05) is 0 Å². The van der Waals surface area contributed by atoms with Gasteiger partial charge >= 0.3 is 0 Å². The fraction of sp³-hybridized carbons (Fsp3) is 0.286. The molecule has 9 nitrogen and oxygen atoms in total. The predicted molar refractivity (Wildman–Crippen MR) is 120 cm³/mol. The lowest BCUT2D eigenvalue weighted by atomic mass is 9.89. The molecule has 13 heteroatoms. The number of aromatic nitrogens is 3. The van der Waals surface area contributed by atoms with E-state index in [0.29, 0.717) is 25.1 Å². The molecule has 1 aliphatic rings. The summed E-state index contributed by atoms with van der Waals surface area (Å²) >= 11 is 6.31. The number of methoxy groups -OCH3 is 1. The van der Waals surface area contributed by atoms with Crippen LogP contribution in [0.25, 0.3) is 0 Å². The van der Waals surface area contributed by atoms with Crippen LogP contribution in [0, 0.1) is 11.6 Å². The molecule has 0 bridgehead atoms. The van der Waals surface area contributed by atoms with Gasteiger partial charge < -0.3 is 14.6 Å². The summed E-state index contributed by atoms with van der Waals surface area (Å²) in [5.41, 5.74) is 0.821. The number of carbonyl (C=O) groups is 1. The number of anilines is 1. The van der Waals surface area contributed by atoms with Crippen molar-refractivity contribution in [1.29, 1.82) is 0 Å². The molecule has 180 valence electrons. The highest BCUT2D eigenvalue weighted by Crippen LogP contribution is 2.38. The zero-order chi connectivity index (χ0) is 24.6. The molecule has 1 amide bonds. The summed E-state index contributed by atoms with van der Waals surface area (Å²) in [7, 11) is -1.74. The summed E-state index contributed by atoms with van der Waals surface area (Å²) < 4.78 is 63.8. The van der Waals surface area contributed by atoms with E-state index in [9.17, 15) is 17.6 Å². The molecule has 0 saturated carbocycles. The summed E-state index contributed by atoms with van der Waals surface area (Å²) in [6.45, 7) is 0.299. The molecule has 1 aliphatic heterocycles. The summed E-state index contributed by atoms with van der Waals surface area (Å²) in [5.74, 6) is -2.79. The van der Waals surface area contributed by atoms with E-state index in [2.05, 4.69) is 20.0 Å². The average Bonchev–Trinajstić information content (AvgIpc) is 3.24. The first kappa shape index (κ1) is 23.9. The van der Waals surface area contributed by atoms with Crippen molar-refractivity contribution in [1.82, 2.24) is 19.9 Å². The summed E-state index contributed by atoms with van der Waals surface area (Å²) in [6.07, 6.45) is 3.23. The van der Waals surface area contributed by atoms with Gasteiger partial charge in [-0.1, -0.05) is 11.6 Å². The number of fused-ring (bicyclic) bond motifs is 1. The van der Waals surface area contributed by atoms with E-state index >= 15 is 4.39 Å². The van der Waals surface area contributed by atoms with Crippen molar-refractivity contribution < 1.29 is 26.7 Å². The number of nitrogens with zero attached hydrogens (tertiary/aromatic N) is 3. The molecule has 2 aromatic heterocycles. The van der Waals surface area contributed by atoms with Gasteiger partial charge in [0.1, 0.15) is 11.5 Å². The molecule has 3 aromatic rings. The zero-order valence-corrected chi connectivity index (χ0v) is 19.7. The van der Waals surface area contributed by atoms with Gasteiger partial charge in [0.05, 0.1) is 31.0 Å². The van der Waals surface area contributed by atoms with Crippen LogP contribution in [-0.4, -0.2) is 43.0 Å². The predicted octanol–water partition coefficient (Wildman–Crippen LogP) is 3.11. The van der Waals surface area contributed by atoms with E-state index in [1.54, 1.807) is 4.57 Å². The lowest BCUT2D eigenvalue weighted by Crippen LogP contribution is -2.24. The van der Waals surface area contributed by atoms with Crippen molar-refractivity contribution in [2.45, 2.75) is 30.2 Å². The molecule has 0 aliphatic carbocycles. The Morgan fingerprint density at radius 1 is 1.29 bits per heavy atom. The molecular weight excluding hydrogens is 492 g/mol. The van der Waals surface area contributed by atoms with E-state index in [-0.39, 0.29) is 28.1 Å². The maximum Gasteiger partial charge on any atom is 0.271 e. The number of halogens is 3. The Morgan fingerprint density at radius 3 is 2.76 bits per heavy atom. The van der Waals surface area contributed by atoms with Gasteiger partial charge in [-0.25, -0.2) is 27.2 Å². The monoisotopic (exact) mass is 511 g/mol. The Bertz CT molecular complexity index is 1380. The van der Waals surface area contributed by atoms with Crippen LogP contribution in [0.5, 0.6) is 5.88 Å². The topological polar surface area (TPSA) is 115 Å². The van der Waals surface area contributed by atoms with E-state index in [4.69, 9.17) is 16.3 Å². The first-order valence-electron chi connectivity index (χ1n) is 10.1. The second kappa shape index (κ2) is 9.18. The van der Waals surface area contributed by atoms with Gasteiger partial charge in [-0.15, -0.1) is 0 Å². The summed E-state index contributed by atoms with van der Waals surface area (Å²) in [4.78, 5) is 19.2. The SMILES string of the molecule is CNC(=O)c1ncn2c1CC[C@H](c1c(Cl)ccc(NS(=O)(=O)c3cc(F)cnc3OC)c1F)C2. The zero-order valence-electron chi connectivity index (χ0n) is 18.1. The van der Waals surface area contributed by atoms with Gasteiger partial charge in [0.2, 0.25) is 5.88 Å². The van der Waals surface area contributed by atoms with Crippen LogP contribution in [-0.2, 0) is 23.0 Å². The second-order valence-corrected chi connectivity index (χ2v) is 9.65. The van der Waals surface area contributed by atoms with Crippen LogP contribution < -0.4 is 14.8 Å². The van der Waals surface area contributed by atoms with Crippen molar-refractivity contribution in [2.75, 3.05) is 18.9 Å². The smallest absolute Gasteiger partial charge is 0.271 e. The van der Waals surface area contributed by atoms with E-state index in [1.165, 1.54) is 32.6 Å². The first-order chi connectivity index (χ1) is 16.2. The number of rotatable bonds is 6. The Kier molecular flexibility index (Phi) is 6.45. The van der Waals surface area contributed by atoms with E-state index in [0.717, 1.165) is 18.0 Å². The minimum Gasteiger partial charge on any atom is -0.480 e. The normalized spacial score (nSPS) is 15.5. The highest BCUT2D eigenvalue weighted by molar-refractivity contribution is 7.92. The third kappa shape index (κ3) is 4.30. The lowest BCUT2D eigenvalue weighted by Gasteiger charge is -2.26. The number of nitrogens with one attached hydrogen (secondary N) is 2. The Labute approximate surface area is 199 Å². The van der Waals surface area contributed by atoms with Crippen molar-refractivity contribution >= 4 is 33.2 Å². The minimum absolute atomic E-state index is 0.130. The summed E-state index contributed by atoms with van der Waals surface area (Å²) in [6, 6.07) is 3.31. The first-order valence-corrected chi connectivity index (χ1v) is 12.0. The molecule has 34 heavy (non-hydrogen) atoms. The molecule has 0 radical (unpaired) electrons. The van der Waals surface area contributed by atoms with Crippen LogP contribution in [0.15, 0.2) is 35.6 Å². The van der Waals surface area contributed by atoms with Crippen LogP contribution >= 0.6 is 11.6 Å². The van der Waals surface area contributed by atoms with Crippen molar-refractivity contribution in [3.05, 3.63) is 64.3 Å². The molecular formula is C21H20ClF2N5O4S. The van der Waals surface area contributed by atoms with Crippen molar-refractivity contribution in [3.8, 4) is 5.88 Å². The summed E-state index contributed by atoms with van der Waals surface area (Å²) in [5, 5.41) is 2.67. The van der Waals surface area contributed by atoms with Crippen LogP contribution in [0.1, 0.15) is 34.1 Å². The van der Waals surface area contributed by atoms with Crippen molar-refractivity contribution in [2.24, 2.45) is 0 Å². The third-order valence-corrected chi connectivity index (χ3v) is 7.27. The molecule has 0 saturated heterocycles. The average molecular weight is 512 g/mol. The molecule has 3 heterocycles. The number of imidazole rings is 1. The number of ether oxygens (including phenoxy) is 1. The number of pyridine rings is 1. The van der Waals surface area contributed by atoms with Gasteiger partial charge in [-0.2, -0.15) is 0 Å². The molecule has 0 unspecified atom stereocenters. The fourth-order valence-electron chi connectivity index (χ4n) is 3.99. The number of hydrogen-bond donors (Lipinski definition) is 2. The Morgan fingerprint density at radius 2 is 2.06 bits per heavy atom. The number of carbonyl (C=O) groups excluding carboxylic acids is 1. The maximum atomic E-state index is 15.6. The number of amides is 1. The molecule has 1 atom stereocenters. The Balaban J connectivity index is 1.67. The molecule has 0 fully saturated rings. The second-order valence-electron chi connectivity index (χ2n) is 7.60. The number of sulfonamides is 1. The van der Waals surface area contributed by atoms with Gasteiger partial charge in [-0.3, -0.25) is 9.52 Å². The van der Waals surface area contributed by atoms with Crippen LogP contribution in [0.3, 0.4) is 0 Å². The standard InChI is InChI=1S/C21H20ClF2N5O4S/c1-25-20(30)19-15-6-3-11(9-29(15)10-27-19)17-13(22)4-5-14(18(17)24)28-34(31,32)16-7-12(23)8-26-21(16)33-2/h4-5,7-8,10-11,28H,3,6,9H2,1-2H3,(H,25,30)/t11-/m0/s1. The number of hydrogen-bond acceptors (Lipinski definition) is 6. The third-order valence-electron chi connectivity index (χ3n) is 5.58. The lowest BCUT2D eigenvalue weighted by molar-refractivity contribution is 0.0957. The molecule has 2 N–H and O–H groups in total. The maximum absolute atomic E-state index is 15.6. The largest absolute Gasteiger partial charge is 0.480 e. The minimum atomic E-state index is -4.44. The fourth-order valence-corrected chi connectivity index (χ4v) is 5.48. The van der Waals surface area contributed by atoms with Crippen LogP contribution in [0.2, 0.25) is 5.02 Å². The van der Waals surface area contributed by atoms with Crippen molar-refractivity contribution in [3.63, 3.8) is 0 Å². The highest BCUT2D eigenvalue weighted by atomic mass is 35.5. The van der Waals surface area contributed by atoms with Gasteiger partial charge in [0.25, 0.3) is 15.9 Å². The highest BCUT2D eigenvalue weighted by Gasteiger charge is 2.30. The van der Waals surface area contributed by atoms with Gasteiger partial charge in [0.15, 0.2) is 10.7 Å². The van der Waals surface area contributed by atoms with E-state index < -0.39 is 32.5 Å².